The third-order valence-corrected chi connectivity index (χ3v) is 3.16. The lowest BCUT2D eigenvalue weighted by Crippen LogP contribution is -2.28. The summed E-state index contributed by atoms with van der Waals surface area (Å²) in [5.41, 5.74) is 6.65. The van der Waals surface area contributed by atoms with Crippen LogP contribution in [0.4, 0.5) is 11.5 Å². The van der Waals surface area contributed by atoms with Crippen molar-refractivity contribution in [2.24, 2.45) is 0 Å². The molecular formula is C15H25N3O2. The maximum absolute atomic E-state index is 11.9. The van der Waals surface area contributed by atoms with Gasteiger partial charge < -0.3 is 15.4 Å². The van der Waals surface area contributed by atoms with Gasteiger partial charge >= 0.3 is 5.97 Å². The third kappa shape index (κ3) is 4.40. The molecule has 0 aliphatic heterocycles. The molecule has 0 aliphatic rings. The molecule has 112 valence electrons. The van der Waals surface area contributed by atoms with Gasteiger partial charge in [-0.2, -0.15) is 0 Å². The molecule has 1 rings (SSSR count). The minimum absolute atomic E-state index is 0.391. The van der Waals surface area contributed by atoms with Gasteiger partial charge in [-0.25, -0.2) is 9.78 Å². The van der Waals surface area contributed by atoms with E-state index in [-0.39, 0.29) is 0 Å². The Hall–Kier alpha value is -1.78. The van der Waals surface area contributed by atoms with Crippen molar-refractivity contribution in [2.75, 3.05) is 30.8 Å². The van der Waals surface area contributed by atoms with Crippen LogP contribution in [0.5, 0.6) is 0 Å². The van der Waals surface area contributed by atoms with Crippen LogP contribution in [-0.4, -0.2) is 31.2 Å². The molecule has 0 aromatic carbocycles. The molecule has 2 N–H and O–H groups in total. The highest BCUT2D eigenvalue weighted by Crippen LogP contribution is 2.22. The highest BCUT2D eigenvalue weighted by Gasteiger charge is 2.18. The van der Waals surface area contributed by atoms with E-state index in [0.29, 0.717) is 17.1 Å². The molecule has 0 amide bonds. The Bertz CT molecular complexity index is 427. The summed E-state index contributed by atoms with van der Waals surface area (Å²) in [7, 11) is 1.37. The summed E-state index contributed by atoms with van der Waals surface area (Å²) in [6, 6.07) is 1.64. The fraction of sp³-hybridized carbons (Fsp3) is 0.600. The number of unbranched alkanes of at least 4 members (excludes halogenated alkanes) is 2. The minimum Gasteiger partial charge on any atom is -0.465 e. The Labute approximate surface area is 121 Å². The molecule has 0 radical (unpaired) electrons. The number of esters is 1. The Morgan fingerprint density at radius 2 is 1.90 bits per heavy atom. The van der Waals surface area contributed by atoms with Gasteiger partial charge in [0.2, 0.25) is 0 Å². The summed E-state index contributed by atoms with van der Waals surface area (Å²) in [4.78, 5) is 18.4. The molecule has 0 atom stereocenters. The second-order valence-electron chi connectivity index (χ2n) is 4.83. The summed E-state index contributed by atoms with van der Waals surface area (Å²) in [5.74, 6) is 0.283. The Kier molecular flexibility index (Phi) is 6.84. The van der Waals surface area contributed by atoms with E-state index in [0.717, 1.165) is 38.8 Å². The number of anilines is 2. The molecule has 20 heavy (non-hydrogen) atoms. The van der Waals surface area contributed by atoms with Crippen LogP contribution in [0.3, 0.4) is 0 Å². The zero-order valence-corrected chi connectivity index (χ0v) is 12.7. The van der Waals surface area contributed by atoms with E-state index in [1.54, 1.807) is 12.3 Å². The zero-order chi connectivity index (χ0) is 15.0. The highest BCUT2D eigenvalue weighted by molar-refractivity contribution is 5.95. The third-order valence-electron chi connectivity index (χ3n) is 3.16. The predicted octanol–water partition coefficient (Wildman–Crippen LogP) is 2.86. The van der Waals surface area contributed by atoms with Gasteiger partial charge in [0, 0.05) is 13.1 Å². The molecule has 0 unspecified atom stereocenters. The van der Waals surface area contributed by atoms with E-state index in [4.69, 9.17) is 10.5 Å². The number of carbonyl (C=O) groups is 1. The molecule has 5 heteroatoms. The monoisotopic (exact) mass is 279 g/mol. The lowest BCUT2D eigenvalue weighted by atomic mass is 10.2. The normalized spacial score (nSPS) is 10.3. The van der Waals surface area contributed by atoms with Gasteiger partial charge in [-0.3, -0.25) is 0 Å². The Balaban J connectivity index is 3.06. The lowest BCUT2D eigenvalue weighted by Gasteiger charge is -2.25. The molecule has 0 bridgehead atoms. The van der Waals surface area contributed by atoms with Crippen molar-refractivity contribution in [2.45, 2.75) is 39.5 Å². The van der Waals surface area contributed by atoms with E-state index in [2.05, 4.69) is 23.7 Å². The number of nitrogens with two attached hydrogens (primary N) is 1. The highest BCUT2D eigenvalue weighted by atomic mass is 16.5. The average Bonchev–Trinajstić information content (AvgIpc) is 2.47. The van der Waals surface area contributed by atoms with Gasteiger partial charge in [0.1, 0.15) is 11.4 Å². The molecule has 0 spiro atoms. The molecule has 0 aliphatic carbocycles. The maximum Gasteiger partial charge on any atom is 0.341 e. The number of hydrogen-bond donors (Lipinski definition) is 1. The van der Waals surface area contributed by atoms with Gasteiger partial charge in [0.05, 0.1) is 19.0 Å². The van der Waals surface area contributed by atoms with E-state index in [1.165, 1.54) is 7.11 Å². The maximum atomic E-state index is 11.9. The number of nitrogens with zero attached hydrogens (tertiary/aromatic N) is 2. The SMILES string of the molecule is CCCCN(CCCC)c1ncc(N)cc1C(=O)OC. The van der Waals surface area contributed by atoms with E-state index >= 15 is 0 Å². The van der Waals surface area contributed by atoms with Crippen LogP contribution in [0.2, 0.25) is 0 Å². The molecule has 1 aromatic rings. The van der Waals surface area contributed by atoms with Crippen LogP contribution in [0, 0.1) is 0 Å². The van der Waals surface area contributed by atoms with Crippen LogP contribution in [0.1, 0.15) is 49.9 Å². The molecule has 1 heterocycles. The summed E-state index contributed by atoms with van der Waals surface area (Å²) >= 11 is 0. The number of hydrogen-bond acceptors (Lipinski definition) is 5. The summed E-state index contributed by atoms with van der Waals surface area (Å²) in [6.07, 6.45) is 5.93. The molecule has 1 aromatic heterocycles. The summed E-state index contributed by atoms with van der Waals surface area (Å²) in [6.45, 7) is 6.07. The van der Waals surface area contributed by atoms with Crippen LogP contribution in [0.25, 0.3) is 0 Å². The fourth-order valence-electron chi connectivity index (χ4n) is 2.01. The summed E-state index contributed by atoms with van der Waals surface area (Å²) < 4.78 is 4.83. The van der Waals surface area contributed by atoms with E-state index in [1.807, 2.05) is 0 Å². The summed E-state index contributed by atoms with van der Waals surface area (Å²) in [5, 5.41) is 0. The smallest absolute Gasteiger partial charge is 0.341 e. The van der Waals surface area contributed by atoms with Gasteiger partial charge in [-0.05, 0) is 18.9 Å². The molecule has 0 saturated heterocycles. The number of ether oxygens (including phenoxy) is 1. The largest absolute Gasteiger partial charge is 0.465 e. The van der Waals surface area contributed by atoms with Crippen molar-refractivity contribution in [3.63, 3.8) is 0 Å². The van der Waals surface area contributed by atoms with Crippen LogP contribution >= 0.6 is 0 Å². The van der Waals surface area contributed by atoms with Crippen molar-refractivity contribution >= 4 is 17.5 Å². The Morgan fingerprint density at radius 3 is 2.40 bits per heavy atom. The first kappa shape index (κ1) is 16.3. The lowest BCUT2D eigenvalue weighted by molar-refractivity contribution is 0.0601. The van der Waals surface area contributed by atoms with Gasteiger partial charge in [0.15, 0.2) is 0 Å². The first-order valence-electron chi connectivity index (χ1n) is 7.22. The first-order chi connectivity index (χ1) is 9.63. The molecule has 5 nitrogen and oxygen atoms in total. The number of aromatic nitrogens is 1. The number of rotatable bonds is 8. The topological polar surface area (TPSA) is 68.5 Å². The second-order valence-corrected chi connectivity index (χ2v) is 4.83. The Morgan fingerprint density at radius 1 is 1.30 bits per heavy atom. The van der Waals surface area contributed by atoms with Crippen molar-refractivity contribution in [1.82, 2.24) is 4.98 Å². The zero-order valence-electron chi connectivity index (χ0n) is 12.7. The van der Waals surface area contributed by atoms with Crippen LogP contribution in [-0.2, 0) is 4.74 Å². The van der Waals surface area contributed by atoms with Gasteiger partial charge in [0.25, 0.3) is 0 Å². The number of nitrogen functional groups attached to an aromatic ring is 1. The first-order valence-corrected chi connectivity index (χ1v) is 7.22. The predicted molar refractivity (Wildman–Crippen MR) is 82.0 cm³/mol. The van der Waals surface area contributed by atoms with Crippen molar-refractivity contribution in [3.05, 3.63) is 17.8 Å². The molecule has 0 saturated carbocycles. The molecule has 0 fully saturated rings. The number of carbonyl (C=O) groups excluding carboxylic acids is 1. The van der Waals surface area contributed by atoms with Crippen molar-refractivity contribution in [1.29, 1.82) is 0 Å². The van der Waals surface area contributed by atoms with Crippen molar-refractivity contribution < 1.29 is 9.53 Å². The number of pyridine rings is 1. The minimum atomic E-state index is -0.391. The molecular weight excluding hydrogens is 254 g/mol. The number of methoxy groups -OCH3 is 1. The average molecular weight is 279 g/mol. The second kappa shape index (κ2) is 8.40. The van der Waals surface area contributed by atoms with Crippen LogP contribution in [0.15, 0.2) is 12.3 Å². The van der Waals surface area contributed by atoms with E-state index in [9.17, 15) is 4.79 Å². The van der Waals surface area contributed by atoms with E-state index < -0.39 is 5.97 Å². The van der Waals surface area contributed by atoms with Gasteiger partial charge in [-0.15, -0.1) is 0 Å². The fourth-order valence-corrected chi connectivity index (χ4v) is 2.01. The van der Waals surface area contributed by atoms with Crippen molar-refractivity contribution in [3.8, 4) is 0 Å². The van der Waals surface area contributed by atoms with Gasteiger partial charge in [-0.1, -0.05) is 26.7 Å². The quantitative estimate of drug-likeness (QED) is 0.741. The van der Waals surface area contributed by atoms with Crippen LogP contribution < -0.4 is 10.6 Å². The standard InChI is InChI=1S/C15H25N3O2/c1-4-6-8-18(9-7-5-2)14-13(15(19)20-3)10-12(16)11-17-14/h10-11H,4-9,16H2,1-3H3.